The van der Waals surface area contributed by atoms with Gasteiger partial charge in [0.15, 0.2) is 0 Å². The largest absolute Gasteiger partial charge is 0.397 e. The minimum atomic E-state index is -1.47. The van der Waals surface area contributed by atoms with Crippen molar-refractivity contribution in [2.24, 2.45) is 0 Å². The van der Waals surface area contributed by atoms with Gasteiger partial charge in [0.25, 0.3) is 0 Å². The highest BCUT2D eigenvalue weighted by atomic mass is 28.3. The van der Waals surface area contributed by atoms with E-state index in [1.807, 2.05) is 19.9 Å². The summed E-state index contributed by atoms with van der Waals surface area (Å²) >= 11 is 0. The molecule has 0 spiro atoms. The Bertz CT molecular complexity index is 315. The Morgan fingerprint density at radius 1 is 1.11 bits per heavy atom. The topological polar surface area (TPSA) is 30.5 Å². The Kier molecular flexibility index (Phi) is 8.54. The normalized spacial score (nSPS) is 12.6. The second kappa shape index (κ2) is 10.0. The van der Waals surface area contributed by atoms with Gasteiger partial charge in [-0.3, -0.25) is 0 Å². The third-order valence-electron chi connectivity index (χ3n) is 3.07. The number of nitrogens with one attached hydrogen (secondary N) is 1. The van der Waals surface area contributed by atoms with Gasteiger partial charge in [0.1, 0.15) is 0 Å². The van der Waals surface area contributed by atoms with Gasteiger partial charge in [-0.1, -0.05) is 25.1 Å². The molecule has 0 heterocycles. The summed E-state index contributed by atoms with van der Waals surface area (Å²) in [6.45, 7) is 8.89. The van der Waals surface area contributed by atoms with Crippen LogP contribution in [-0.4, -0.2) is 29.0 Å². The molecule has 0 radical (unpaired) electrons. The maximum atomic E-state index is 5.76. The van der Waals surface area contributed by atoms with Crippen LogP contribution in [0.4, 0.5) is 5.69 Å². The van der Waals surface area contributed by atoms with Crippen molar-refractivity contribution in [3.05, 3.63) is 30.3 Å². The Balaban J connectivity index is 2.20. The molecule has 1 unspecified atom stereocenters. The van der Waals surface area contributed by atoms with Crippen molar-refractivity contribution in [2.45, 2.75) is 39.2 Å². The number of benzene rings is 1. The molecule has 1 aromatic carbocycles. The average Bonchev–Trinajstić information content (AvgIpc) is 2.44. The molecule has 19 heavy (non-hydrogen) atoms. The lowest BCUT2D eigenvalue weighted by Crippen LogP contribution is -2.28. The predicted octanol–water partition coefficient (Wildman–Crippen LogP) is 3.56. The highest BCUT2D eigenvalue weighted by Gasteiger charge is 2.20. The molecule has 1 aromatic rings. The van der Waals surface area contributed by atoms with Gasteiger partial charge in [-0.15, -0.1) is 0 Å². The van der Waals surface area contributed by atoms with Crippen LogP contribution in [-0.2, 0) is 8.85 Å². The van der Waals surface area contributed by atoms with E-state index >= 15 is 0 Å². The molecular formula is C15H27NO2Si. The zero-order valence-corrected chi connectivity index (χ0v) is 13.5. The second-order valence-corrected chi connectivity index (χ2v) is 7.23. The average molecular weight is 281 g/mol. The summed E-state index contributed by atoms with van der Waals surface area (Å²) in [6, 6.07) is 10.3. The van der Waals surface area contributed by atoms with Crippen LogP contribution in [0.3, 0.4) is 0 Å². The van der Waals surface area contributed by atoms with Crippen molar-refractivity contribution >= 4 is 15.0 Å². The number of para-hydroxylation sites is 1. The Morgan fingerprint density at radius 2 is 1.74 bits per heavy atom. The minimum absolute atomic E-state index is 0.567. The van der Waals surface area contributed by atoms with Crippen LogP contribution in [0.1, 0.15) is 33.6 Å². The number of hydrogen-bond acceptors (Lipinski definition) is 3. The molecule has 0 saturated carbocycles. The van der Waals surface area contributed by atoms with Gasteiger partial charge in [-0.05, 0) is 44.4 Å². The SMILES string of the molecule is CCO[SiH](OCC)C(C)CCCNc1ccccc1. The van der Waals surface area contributed by atoms with E-state index in [2.05, 4.69) is 36.5 Å². The molecule has 3 nitrogen and oxygen atoms in total. The molecule has 0 saturated heterocycles. The molecule has 108 valence electrons. The van der Waals surface area contributed by atoms with Gasteiger partial charge >= 0.3 is 9.28 Å². The summed E-state index contributed by atoms with van der Waals surface area (Å²) < 4.78 is 11.5. The van der Waals surface area contributed by atoms with Crippen molar-refractivity contribution < 1.29 is 8.85 Å². The van der Waals surface area contributed by atoms with E-state index in [1.54, 1.807) is 0 Å². The van der Waals surface area contributed by atoms with E-state index in [-0.39, 0.29) is 0 Å². The summed E-state index contributed by atoms with van der Waals surface area (Å²) in [7, 11) is -1.47. The lowest BCUT2D eigenvalue weighted by atomic mass is 10.2. The van der Waals surface area contributed by atoms with Gasteiger partial charge in [0.05, 0.1) is 0 Å². The molecule has 0 aliphatic carbocycles. The van der Waals surface area contributed by atoms with Gasteiger partial charge in [0, 0.05) is 25.4 Å². The molecule has 0 amide bonds. The van der Waals surface area contributed by atoms with E-state index in [0.29, 0.717) is 5.54 Å². The number of hydrogen-bond donors (Lipinski definition) is 1. The third-order valence-corrected chi connectivity index (χ3v) is 5.65. The van der Waals surface area contributed by atoms with Crippen molar-refractivity contribution in [1.82, 2.24) is 0 Å². The lowest BCUT2D eigenvalue weighted by Gasteiger charge is -2.21. The lowest BCUT2D eigenvalue weighted by molar-refractivity contribution is 0.203. The van der Waals surface area contributed by atoms with Crippen LogP contribution in [0.5, 0.6) is 0 Å². The third kappa shape index (κ3) is 6.75. The molecule has 0 aromatic heterocycles. The first-order valence-corrected chi connectivity index (χ1v) is 8.91. The summed E-state index contributed by atoms with van der Waals surface area (Å²) in [4.78, 5) is 0. The smallest absolute Gasteiger partial charge is 0.324 e. The van der Waals surface area contributed by atoms with E-state index in [0.717, 1.165) is 32.6 Å². The molecule has 0 bridgehead atoms. The van der Waals surface area contributed by atoms with Crippen LogP contribution in [0, 0.1) is 0 Å². The Hall–Kier alpha value is -0.843. The molecular weight excluding hydrogens is 254 g/mol. The van der Waals surface area contributed by atoms with E-state index < -0.39 is 9.28 Å². The quantitative estimate of drug-likeness (QED) is 0.525. The molecule has 0 aliphatic heterocycles. The van der Waals surface area contributed by atoms with Gasteiger partial charge in [-0.25, -0.2) is 0 Å². The Morgan fingerprint density at radius 3 is 2.32 bits per heavy atom. The molecule has 0 aliphatic rings. The fraction of sp³-hybridized carbons (Fsp3) is 0.600. The van der Waals surface area contributed by atoms with Crippen LogP contribution >= 0.6 is 0 Å². The van der Waals surface area contributed by atoms with Crippen molar-refractivity contribution in [3.8, 4) is 0 Å². The molecule has 4 heteroatoms. The van der Waals surface area contributed by atoms with Gasteiger partial charge in [0.2, 0.25) is 0 Å². The maximum absolute atomic E-state index is 5.76. The zero-order valence-electron chi connectivity index (χ0n) is 12.4. The van der Waals surface area contributed by atoms with Crippen LogP contribution < -0.4 is 5.32 Å². The van der Waals surface area contributed by atoms with E-state index in [4.69, 9.17) is 8.85 Å². The van der Waals surface area contributed by atoms with Crippen molar-refractivity contribution in [2.75, 3.05) is 25.1 Å². The predicted molar refractivity (Wildman–Crippen MR) is 84.0 cm³/mol. The minimum Gasteiger partial charge on any atom is -0.397 e. The second-order valence-electron chi connectivity index (χ2n) is 4.69. The standard InChI is InChI=1S/C15H27NO2Si/c1-4-17-19(18-5-2)14(3)10-9-13-16-15-11-7-6-8-12-15/h6-8,11-12,14,16,19H,4-5,9-10,13H2,1-3H3. The van der Waals surface area contributed by atoms with Crippen LogP contribution in [0.25, 0.3) is 0 Å². The van der Waals surface area contributed by atoms with E-state index in [1.165, 1.54) is 5.69 Å². The monoisotopic (exact) mass is 281 g/mol. The van der Waals surface area contributed by atoms with Crippen LogP contribution in [0.15, 0.2) is 30.3 Å². The highest BCUT2D eigenvalue weighted by Crippen LogP contribution is 2.18. The van der Waals surface area contributed by atoms with E-state index in [9.17, 15) is 0 Å². The van der Waals surface area contributed by atoms with Crippen molar-refractivity contribution in [1.29, 1.82) is 0 Å². The Labute approximate surface area is 119 Å². The van der Waals surface area contributed by atoms with Crippen molar-refractivity contribution in [3.63, 3.8) is 0 Å². The molecule has 1 atom stereocenters. The van der Waals surface area contributed by atoms with Gasteiger partial charge in [-0.2, -0.15) is 0 Å². The van der Waals surface area contributed by atoms with Crippen LogP contribution in [0.2, 0.25) is 5.54 Å². The molecule has 1 N–H and O–H groups in total. The fourth-order valence-electron chi connectivity index (χ4n) is 2.05. The fourth-order valence-corrected chi connectivity index (χ4v) is 3.97. The molecule has 1 rings (SSSR count). The summed E-state index contributed by atoms with van der Waals surface area (Å²) in [5.74, 6) is 0. The molecule has 0 fully saturated rings. The number of anilines is 1. The first-order valence-electron chi connectivity index (χ1n) is 7.30. The highest BCUT2D eigenvalue weighted by molar-refractivity contribution is 6.46. The number of rotatable bonds is 10. The first kappa shape index (κ1) is 16.2. The maximum Gasteiger partial charge on any atom is 0.324 e. The summed E-state index contributed by atoms with van der Waals surface area (Å²) in [5.41, 5.74) is 1.76. The summed E-state index contributed by atoms with van der Waals surface area (Å²) in [6.07, 6.45) is 2.32. The van der Waals surface area contributed by atoms with Gasteiger partial charge < -0.3 is 14.2 Å². The zero-order chi connectivity index (χ0) is 13.9. The summed E-state index contributed by atoms with van der Waals surface area (Å²) in [5, 5.41) is 3.44. The first-order chi connectivity index (χ1) is 9.27.